The summed E-state index contributed by atoms with van der Waals surface area (Å²) in [4.78, 5) is 11.8. The van der Waals surface area contributed by atoms with Gasteiger partial charge in [-0.25, -0.2) is 0 Å². The van der Waals surface area contributed by atoms with Gasteiger partial charge in [-0.1, -0.05) is 13.8 Å². The number of carboxylic acid groups (broad SMARTS) is 1. The number of rotatable bonds is 4. The summed E-state index contributed by atoms with van der Waals surface area (Å²) < 4.78 is 6.09. The largest absolute Gasteiger partial charge is 0.481 e. The summed E-state index contributed by atoms with van der Waals surface area (Å²) in [5, 5.41) is 9.72. The van der Waals surface area contributed by atoms with Crippen molar-refractivity contribution < 1.29 is 14.6 Å². The van der Waals surface area contributed by atoms with E-state index in [9.17, 15) is 9.90 Å². The third kappa shape index (κ3) is 2.80. The smallest absolute Gasteiger partial charge is 0.309 e. The fraction of sp³-hybridized carbons (Fsp3) is 0.933. The minimum absolute atomic E-state index is 0.0147. The Kier molecular flexibility index (Phi) is 4.83. The topological polar surface area (TPSA) is 46.5 Å². The third-order valence-electron chi connectivity index (χ3n) is 5.37. The second-order valence-corrected chi connectivity index (χ2v) is 7.23. The first-order chi connectivity index (χ1) is 9.08. The summed E-state index contributed by atoms with van der Waals surface area (Å²) >= 11 is 1.99. The zero-order valence-electron chi connectivity index (χ0n) is 12.1. The molecule has 1 atom stereocenters. The van der Waals surface area contributed by atoms with Crippen LogP contribution in [0.3, 0.4) is 0 Å². The minimum atomic E-state index is -0.607. The molecule has 19 heavy (non-hydrogen) atoms. The predicted molar refractivity (Wildman–Crippen MR) is 78.6 cm³/mol. The van der Waals surface area contributed by atoms with Crippen molar-refractivity contribution in [3.63, 3.8) is 0 Å². The van der Waals surface area contributed by atoms with Gasteiger partial charge in [-0.3, -0.25) is 4.79 Å². The molecule has 0 amide bonds. The number of carboxylic acids is 1. The van der Waals surface area contributed by atoms with Crippen LogP contribution in [0.5, 0.6) is 0 Å². The highest BCUT2D eigenvalue weighted by molar-refractivity contribution is 7.99. The van der Waals surface area contributed by atoms with Gasteiger partial charge in [0.05, 0.1) is 11.0 Å². The zero-order chi connectivity index (χ0) is 13.9. The lowest BCUT2D eigenvalue weighted by molar-refractivity contribution is -0.165. The highest BCUT2D eigenvalue weighted by atomic mass is 32.2. The summed E-state index contributed by atoms with van der Waals surface area (Å²) in [6.07, 6.45) is 5.50. The lowest BCUT2D eigenvalue weighted by atomic mass is 9.64. The van der Waals surface area contributed by atoms with Crippen LogP contribution in [0.2, 0.25) is 0 Å². The summed E-state index contributed by atoms with van der Waals surface area (Å²) in [5.41, 5.74) is -0.555. The van der Waals surface area contributed by atoms with Gasteiger partial charge in [0.2, 0.25) is 0 Å². The Labute approximate surface area is 120 Å². The van der Waals surface area contributed by atoms with E-state index in [4.69, 9.17) is 4.74 Å². The molecule has 1 spiro atoms. The number of ether oxygens (including phenoxy) is 1. The van der Waals surface area contributed by atoms with Crippen molar-refractivity contribution >= 4 is 17.7 Å². The summed E-state index contributed by atoms with van der Waals surface area (Å²) in [5.74, 6) is 1.98. The Morgan fingerprint density at radius 1 is 1.37 bits per heavy atom. The van der Waals surface area contributed by atoms with Gasteiger partial charge in [0.1, 0.15) is 0 Å². The van der Waals surface area contributed by atoms with Crippen molar-refractivity contribution in [1.82, 2.24) is 0 Å². The molecule has 3 nitrogen and oxygen atoms in total. The molecule has 0 aromatic carbocycles. The van der Waals surface area contributed by atoms with E-state index in [-0.39, 0.29) is 11.5 Å². The average Bonchev–Trinajstić information content (AvgIpc) is 2.41. The van der Waals surface area contributed by atoms with E-state index in [1.807, 2.05) is 25.6 Å². The minimum Gasteiger partial charge on any atom is -0.481 e. The number of thioether (sulfide) groups is 1. The summed E-state index contributed by atoms with van der Waals surface area (Å²) in [7, 11) is 0. The van der Waals surface area contributed by atoms with Gasteiger partial charge in [0.15, 0.2) is 0 Å². The molecule has 2 heterocycles. The average molecular weight is 286 g/mol. The maximum Gasteiger partial charge on any atom is 0.309 e. The number of hydrogen-bond donors (Lipinski definition) is 1. The van der Waals surface area contributed by atoms with Gasteiger partial charge in [0.25, 0.3) is 0 Å². The second-order valence-electron chi connectivity index (χ2n) is 6.00. The van der Waals surface area contributed by atoms with E-state index in [0.717, 1.165) is 56.6 Å². The molecule has 0 saturated carbocycles. The quantitative estimate of drug-likeness (QED) is 0.858. The van der Waals surface area contributed by atoms with Crippen LogP contribution in [0.25, 0.3) is 0 Å². The van der Waals surface area contributed by atoms with Crippen LogP contribution < -0.4 is 0 Å². The van der Waals surface area contributed by atoms with E-state index in [1.165, 1.54) is 0 Å². The van der Waals surface area contributed by atoms with Crippen LogP contribution in [0.1, 0.15) is 52.4 Å². The highest BCUT2D eigenvalue weighted by Gasteiger charge is 2.49. The first kappa shape index (κ1) is 15.2. The van der Waals surface area contributed by atoms with Gasteiger partial charge in [-0.2, -0.15) is 11.8 Å². The molecule has 0 bridgehead atoms. The van der Waals surface area contributed by atoms with Gasteiger partial charge >= 0.3 is 5.97 Å². The van der Waals surface area contributed by atoms with Gasteiger partial charge < -0.3 is 9.84 Å². The molecule has 0 radical (unpaired) electrons. The lowest BCUT2D eigenvalue weighted by Gasteiger charge is -2.48. The first-order valence-corrected chi connectivity index (χ1v) is 8.69. The number of carbonyl (C=O) groups is 1. The van der Waals surface area contributed by atoms with Gasteiger partial charge in [-0.05, 0) is 55.9 Å². The normalized spacial score (nSPS) is 27.4. The van der Waals surface area contributed by atoms with Crippen LogP contribution in [-0.2, 0) is 9.53 Å². The van der Waals surface area contributed by atoms with Crippen molar-refractivity contribution in [1.29, 1.82) is 0 Å². The molecule has 2 aliphatic heterocycles. The number of hydrogen-bond acceptors (Lipinski definition) is 3. The highest BCUT2D eigenvalue weighted by Crippen LogP contribution is 2.48. The zero-order valence-corrected chi connectivity index (χ0v) is 12.9. The predicted octanol–water partition coefficient (Wildman–Crippen LogP) is 3.57. The standard InChI is InChI=1S/C15H26O3S/c1-3-15(4-2,13(16)17)12-5-8-18-14(11-12)6-9-19-10-7-14/h12H,3-11H2,1-2H3,(H,16,17). The molecule has 2 saturated heterocycles. The van der Waals surface area contributed by atoms with E-state index in [1.54, 1.807) is 0 Å². The van der Waals surface area contributed by atoms with E-state index in [2.05, 4.69) is 0 Å². The molecular weight excluding hydrogens is 260 g/mol. The van der Waals surface area contributed by atoms with Crippen LogP contribution in [-0.4, -0.2) is 34.8 Å². The van der Waals surface area contributed by atoms with Crippen molar-refractivity contribution in [2.24, 2.45) is 11.3 Å². The van der Waals surface area contributed by atoms with Gasteiger partial charge in [-0.15, -0.1) is 0 Å². The maximum atomic E-state index is 11.8. The number of aliphatic carboxylic acids is 1. The van der Waals surface area contributed by atoms with Crippen molar-refractivity contribution in [2.45, 2.75) is 58.0 Å². The third-order valence-corrected chi connectivity index (χ3v) is 6.35. The molecule has 2 aliphatic rings. The Morgan fingerprint density at radius 3 is 2.53 bits per heavy atom. The molecule has 0 aromatic rings. The molecular formula is C15H26O3S. The molecule has 2 rings (SSSR count). The monoisotopic (exact) mass is 286 g/mol. The van der Waals surface area contributed by atoms with Crippen LogP contribution >= 0.6 is 11.8 Å². The molecule has 0 aliphatic carbocycles. The molecule has 2 fully saturated rings. The fourth-order valence-electron chi connectivity index (χ4n) is 3.90. The van der Waals surface area contributed by atoms with E-state index in [0.29, 0.717) is 0 Å². The van der Waals surface area contributed by atoms with E-state index >= 15 is 0 Å². The fourth-order valence-corrected chi connectivity index (χ4v) is 5.13. The first-order valence-electron chi connectivity index (χ1n) is 7.54. The SMILES string of the molecule is CCC(CC)(C(=O)O)C1CCOC2(CCSCC2)C1. The molecule has 110 valence electrons. The van der Waals surface area contributed by atoms with E-state index < -0.39 is 11.4 Å². The Hall–Kier alpha value is -0.220. The second kappa shape index (κ2) is 6.04. The van der Waals surface area contributed by atoms with Crippen LogP contribution in [0.4, 0.5) is 0 Å². The Bertz CT molecular complexity index is 314. The van der Waals surface area contributed by atoms with Crippen molar-refractivity contribution in [3.8, 4) is 0 Å². The maximum absolute atomic E-state index is 11.8. The van der Waals surface area contributed by atoms with Crippen molar-refractivity contribution in [3.05, 3.63) is 0 Å². The summed E-state index contributed by atoms with van der Waals surface area (Å²) in [6, 6.07) is 0. The molecule has 4 heteroatoms. The van der Waals surface area contributed by atoms with Crippen LogP contribution in [0.15, 0.2) is 0 Å². The molecule has 1 N–H and O–H groups in total. The van der Waals surface area contributed by atoms with Crippen molar-refractivity contribution in [2.75, 3.05) is 18.1 Å². The Morgan fingerprint density at radius 2 is 2.00 bits per heavy atom. The lowest BCUT2D eigenvalue weighted by Crippen LogP contribution is -2.49. The summed E-state index contributed by atoms with van der Waals surface area (Å²) in [6.45, 7) is 4.79. The Balaban J connectivity index is 2.17. The molecule has 0 aromatic heterocycles. The van der Waals surface area contributed by atoms with Gasteiger partial charge in [0, 0.05) is 6.61 Å². The molecule has 1 unspecified atom stereocenters. The van der Waals surface area contributed by atoms with Crippen LogP contribution in [0, 0.1) is 11.3 Å².